The summed E-state index contributed by atoms with van der Waals surface area (Å²) < 4.78 is 27.4. The van der Waals surface area contributed by atoms with Crippen LogP contribution >= 0.6 is 11.3 Å². The average Bonchev–Trinajstić information content (AvgIpc) is 2.65. The molecule has 1 aliphatic carbocycles. The summed E-state index contributed by atoms with van der Waals surface area (Å²) in [5.74, 6) is 0. The first kappa shape index (κ1) is 16.9. The highest BCUT2D eigenvalue weighted by atomic mass is 32.2. The smallest absolute Gasteiger partial charge is 0.251 e. The van der Waals surface area contributed by atoms with Gasteiger partial charge in [0.25, 0.3) is 10.0 Å². The third kappa shape index (κ3) is 5.02. The molecule has 0 amide bonds. The number of aryl methyl sites for hydroxylation is 2. The fourth-order valence-electron chi connectivity index (χ4n) is 2.77. The Bertz CT molecular complexity index is 547. The maximum atomic E-state index is 12.2. The number of sulfonamides is 1. The maximum Gasteiger partial charge on any atom is 0.251 e. The van der Waals surface area contributed by atoms with Crippen LogP contribution in [0.4, 0.5) is 0 Å². The topological polar surface area (TPSA) is 71.1 Å². The number of hydrogen-bond donors (Lipinski definition) is 2. The number of hydrogen-bond acceptors (Lipinski definition) is 5. The molecule has 0 bridgehead atoms. The third-order valence-corrected chi connectivity index (χ3v) is 6.95. The lowest BCUT2D eigenvalue weighted by atomic mass is 10.1. The molecule has 7 heteroatoms. The monoisotopic (exact) mass is 331 g/mol. The van der Waals surface area contributed by atoms with Gasteiger partial charge >= 0.3 is 0 Å². The van der Waals surface area contributed by atoms with Crippen LogP contribution in [0.25, 0.3) is 0 Å². The Morgan fingerprint density at radius 3 is 2.38 bits per heavy atom. The van der Waals surface area contributed by atoms with E-state index >= 15 is 0 Å². The molecule has 1 heterocycles. The van der Waals surface area contributed by atoms with Crippen molar-refractivity contribution in [2.24, 2.45) is 0 Å². The van der Waals surface area contributed by atoms with Crippen molar-refractivity contribution in [2.45, 2.75) is 62.6 Å². The molecule has 0 radical (unpaired) electrons. The molecule has 0 atom stereocenters. The van der Waals surface area contributed by atoms with Crippen molar-refractivity contribution < 1.29 is 8.42 Å². The summed E-state index contributed by atoms with van der Waals surface area (Å²) in [7, 11) is -3.41. The SMILES string of the molecule is Cc1nc(C)c(S(=O)(=O)NCCNC2CCCCCC2)s1. The van der Waals surface area contributed by atoms with E-state index in [9.17, 15) is 8.42 Å². The zero-order valence-corrected chi connectivity index (χ0v) is 14.4. The molecule has 2 rings (SSSR count). The molecule has 2 N–H and O–H groups in total. The van der Waals surface area contributed by atoms with E-state index in [2.05, 4.69) is 15.0 Å². The van der Waals surface area contributed by atoms with Gasteiger partial charge in [-0.1, -0.05) is 25.7 Å². The fraction of sp³-hybridized carbons (Fsp3) is 0.786. The number of nitrogens with zero attached hydrogens (tertiary/aromatic N) is 1. The minimum Gasteiger partial charge on any atom is -0.313 e. The summed E-state index contributed by atoms with van der Waals surface area (Å²) in [6, 6.07) is 0.546. The zero-order chi connectivity index (χ0) is 15.3. The Labute approximate surface area is 131 Å². The van der Waals surface area contributed by atoms with Gasteiger partial charge in [0.05, 0.1) is 10.7 Å². The molecule has 1 aromatic rings. The van der Waals surface area contributed by atoms with Gasteiger partial charge in [-0.2, -0.15) is 0 Å². The highest BCUT2D eigenvalue weighted by molar-refractivity contribution is 7.91. The van der Waals surface area contributed by atoms with Crippen molar-refractivity contribution in [3.05, 3.63) is 10.7 Å². The summed E-state index contributed by atoms with van der Waals surface area (Å²) >= 11 is 1.23. The maximum absolute atomic E-state index is 12.2. The van der Waals surface area contributed by atoms with Gasteiger partial charge in [0.15, 0.2) is 4.21 Å². The van der Waals surface area contributed by atoms with Crippen LogP contribution in [0.2, 0.25) is 0 Å². The van der Waals surface area contributed by atoms with Crippen molar-refractivity contribution in [3.8, 4) is 0 Å². The Kier molecular flexibility index (Phi) is 6.16. The molecular weight excluding hydrogens is 306 g/mol. The molecule has 0 aromatic carbocycles. The zero-order valence-electron chi connectivity index (χ0n) is 12.8. The number of nitrogens with one attached hydrogen (secondary N) is 2. The van der Waals surface area contributed by atoms with Crippen LogP contribution in [0.3, 0.4) is 0 Å². The molecule has 0 spiro atoms. The summed E-state index contributed by atoms with van der Waals surface area (Å²) in [6.07, 6.45) is 7.63. The van der Waals surface area contributed by atoms with Crippen molar-refractivity contribution in [3.63, 3.8) is 0 Å². The fourth-order valence-corrected chi connectivity index (χ4v) is 5.33. The van der Waals surface area contributed by atoms with Gasteiger partial charge in [0.2, 0.25) is 0 Å². The lowest BCUT2D eigenvalue weighted by molar-refractivity contribution is 0.461. The lowest BCUT2D eigenvalue weighted by Crippen LogP contribution is -2.36. The predicted octanol–water partition coefficient (Wildman–Crippen LogP) is 2.35. The summed E-state index contributed by atoms with van der Waals surface area (Å²) in [4.78, 5) is 4.17. The van der Waals surface area contributed by atoms with E-state index < -0.39 is 10.0 Å². The van der Waals surface area contributed by atoms with E-state index in [1.54, 1.807) is 6.92 Å². The Morgan fingerprint density at radius 2 is 1.81 bits per heavy atom. The first-order chi connectivity index (χ1) is 9.99. The van der Waals surface area contributed by atoms with E-state index in [-0.39, 0.29) is 0 Å². The molecule has 1 fully saturated rings. The van der Waals surface area contributed by atoms with Gasteiger partial charge in [0, 0.05) is 19.1 Å². The van der Waals surface area contributed by atoms with Gasteiger partial charge in [-0.3, -0.25) is 0 Å². The first-order valence-corrected chi connectivity index (χ1v) is 9.96. The molecule has 1 aliphatic rings. The van der Waals surface area contributed by atoms with Crippen LogP contribution in [-0.4, -0.2) is 32.5 Å². The highest BCUT2D eigenvalue weighted by Crippen LogP contribution is 2.22. The van der Waals surface area contributed by atoms with E-state index in [4.69, 9.17) is 0 Å². The quantitative estimate of drug-likeness (QED) is 0.620. The minimum atomic E-state index is -3.41. The molecular formula is C14H25N3O2S2. The molecule has 0 saturated heterocycles. The third-order valence-electron chi connectivity index (χ3n) is 3.81. The summed E-state index contributed by atoms with van der Waals surface area (Å²) in [5, 5.41) is 4.25. The van der Waals surface area contributed by atoms with Gasteiger partial charge in [-0.05, 0) is 26.7 Å². The molecule has 21 heavy (non-hydrogen) atoms. The second kappa shape index (κ2) is 7.67. The van der Waals surface area contributed by atoms with Gasteiger partial charge < -0.3 is 5.32 Å². The van der Waals surface area contributed by atoms with Crippen molar-refractivity contribution in [1.82, 2.24) is 15.0 Å². The predicted molar refractivity (Wildman–Crippen MR) is 86.3 cm³/mol. The normalized spacial score (nSPS) is 17.8. The summed E-state index contributed by atoms with van der Waals surface area (Å²) in [5.41, 5.74) is 0.585. The molecule has 1 saturated carbocycles. The van der Waals surface area contributed by atoms with E-state index in [1.807, 2.05) is 6.92 Å². The largest absolute Gasteiger partial charge is 0.313 e. The number of aromatic nitrogens is 1. The Morgan fingerprint density at radius 1 is 1.14 bits per heavy atom. The van der Waals surface area contributed by atoms with E-state index in [0.29, 0.717) is 29.0 Å². The standard InChI is InChI=1S/C14H25N3O2S2/c1-11-14(20-12(2)17-11)21(18,19)16-10-9-15-13-7-5-3-4-6-8-13/h13,15-16H,3-10H2,1-2H3. The van der Waals surface area contributed by atoms with Crippen LogP contribution in [-0.2, 0) is 10.0 Å². The van der Waals surface area contributed by atoms with Crippen molar-refractivity contribution >= 4 is 21.4 Å². The minimum absolute atomic E-state index is 0.342. The van der Waals surface area contributed by atoms with E-state index in [0.717, 1.165) is 5.01 Å². The van der Waals surface area contributed by atoms with Crippen molar-refractivity contribution in [2.75, 3.05) is 13.1 Å². The van der Waals surface area contributed by atoms with Crippen LogP contribution in [0, 0.1) is 13.8 Å². The molecule has 0 aliphatic heterocycles. The van der Waals surface area contributed by atoms with Crippen LogP contribution in [0.15, 0.2) is 4.21 Å². The second-order valence-corrected chi connectivity index (χ2v) is 8.81. The van der Waals surface area contributed by atoms with Gasteiger partial charge in [-0.15, -0.1) is 11.3 Å². The first-order valence-electron chi connectivity index (χ1n) is 7.66. The van der Waals surface area contributed by atoms with Crippen LogP contribution in [0.1, 0.15) is 49.2 Å². The Balaban J connectivity index is 1.78. The molecule has 0 unspecified atom stereocenters. The molecule has 1 aromatic heterocycles. The molecule has 120 valence electrons. The Hall–Kier alpha value is -0.500. The highest BCUT2D eigenvalue weighted by Gasteiger charge is 2.20. The van der Waals surface area contributed by atoms with Gasteiger partial charge in [0.1, 0.15) is 0 Å². The van der Waals surface area contributed by atoms with Crippen molar-refractivity contribution in [1.29, 1.82) is 0 Å². The van der Waals surface area contributed by atoms with Crippen LogP contribution in [0.5, 0.6) is 0 Å². The second-order valence-electron chi connectivity index (χ2n) is 5.65. The molecule has 5 nitrogen and oxygen atoms in total. The lowest BCUT2D eigenvalue weighted by Gasteiger charge is -2.16. The average molecular weight is 332 g/mol. The number of rotatable bonds is 6. The number of thiazole rings is 1. The van der Waals surface area contributed by atoms with Gasteiger partial charge in [-0.25, -0.2) is 18.1 Å². The van der Waals surface area contributed by atoms with Crippen LogP contribution < -0.4 is 10.0 Å². The summed E-state index contributed by atoms with van der Waals surface area (Å²) in [6.45, 7) is 4.67. The van der Waals surface area contributed by atoms with E-state index in [1.165, 1.54) is 49.9 Å².